The van der Waals surface area contributed by atoms with Crippen molar-refractivity contribution in [3.8, 4) is 27.8 Å². The van der Waals surface area contributed by atoms with Crippen molar-refractivity contribution < 1.29 is 29.0 Å². The number of nitrogens with one attached hydrogen (secondary N) is 2. The van der Waals surface area contributed by atoms with Gasteiger partial charge in [-0.2, -0.15) is 0 Å². The third kappa shape index (κ3) is 10.4. The number of carbonyl (C=O) groups is 3. The second kappa shape index (κ2) is 17.6. The van der Waals surface area contributed by atoms with Crippen LogP contribution in [0.5, 0.6) is 17.2 Å². The second-order valence-electron chi connectivity index (χ2n) is 12.1. The molecule has 262 valence electrons. The van der Waals surface area contributed by atoms with Gasteiger partial charge in [0.25, 0.3) is 5.91 Å². The molecule has 9 nitrogen and oxygen atoms in total. The molecule has 0 aliphatic carbocycles. The number of carbonyl (C=O) groups excluding carboxylic acids is 2. The van der Waals surface area contributed by atoms with Crippen molar-refractivity contribution in [3.05, 3.63) is 167 Å². The first-order chi connectivity index (χ1) is 25.4. The molecule has 1 aromatic heterocycles. The SMILES string of the molecule is O=C(O)COc1ccc(CNC(=O)CC(Cc2csc(-c3ccc(C(=O)NCc4ccc(Oc5ccccc5)cc4)cc3)n2)c2ccccc2)cc1. The summed E-state index contributed by atoms with van der Waals surface area (Å²) in [6.07, 6.45) is 0.871. The van der Waals surface area contributed by atoms with Gasteiger partial charge >= 0.3 is 5.97 Å². The van der Waals surface area contributed by atoms with Gasteiger partial charge in [0.15, 0.2) is 6.61 Å². The summed E-state index contributed by atoms with van der Waals surface area (Å²) in [4.78, 5) is 41.6. The Morgan fingerprint density at radius 1 is 0.692 bits per heavy atom. The largest absolute Gasteiger partial charge is 0.482 e. The second-order valence-corrected chi connectivity index (χ2v) is 12.9. The lowest BCUT2D eigenvalue weighted by molar-refractivity contribution is -0.139. The average Bonchev–Trinajstić information content (AvgIpc) is 3.65. The van der Waals surface area contributed by atoms with E-state index in [4.69, 9.17) is 19.6 Å². The lowest BCUT2D eigenvalue weighted by Crippen LogP contribution is -2.25. The van der Waals surface area contributed by atoms with Crippen LogP contribution in [0.25, 0.3) is 10.6 Å². The highest BCUT2D eigenvalue weighted by Gasteiger charge is 2.19. The first-order valence-electron chi connectivity index (χ1n) is 16.8. The predicted octanol–water partition coefficient (Wildman–Crippen LogP) is 8.03. The lowest BCUT2D eigenvalue weighted by Gasteiger charge is -2.16. The molecule has 2 amide bonds. The smallest absolute Gasteiger partial charge is 0.341 e. The Morgan fingerprint density at radius 2 is 1.29 bits per heavy atom. The molecule has 1 atom stereocenters. The molecule has 0 aliphatic heterocycles. The number of amides is 2. The molecule has 0 aliphatic rings. The molecule has 1 heterocycles. The average molecular weight is 712 g/mol. The Bertz CT molecular complexity index is 2070. The first kappa shape index (κ1) is 35.6. The van der Waals surface area contributed by atoms with Crippen molar-refractivity contribution in [2.45, 2.75) is 31.8 Å². The Labute approximate surface area is 305 Å². The van der Waals surface area contributed by atoms with Crippen LogP contribution in [0.1, 0.15) is 45.1 Å². The number of nitrogens with zero attached hydrogens (tertiary/aromatic N) is 1. The van der Waals surface area contributed by atoms with E-state index in [-0.39, 0.29) is 24.2 Å². The van der Waals surface area contributed by atoms with Gasteiger partial charge in [0.05, 0.1) is 5.69 Å². The molecule has 0 bridgehead atoms. The molecule has 0 radical (unpaired) electrons. The summed E-state index contributed by atoms with van der Waals surface area (Å²) in [5.74, 6) is 0.574. The molecule has 6 aromatic rings. The van der Waals surface area contributed by atoms with Crippen LogP contribution in [0.3, 0.4) is 0 Å². The maximum absolute atomic E-state index is 13.1. The van der Waals surface area contributed by atoms with E-state index in [0.717, 1.165) is 44.5 Å². The van der Waals surface area contributed by atoms with Crippen molar-refractivity contribution in [2.75, 3.05) is 6.61 Å². The highest BCUT2D eigenvalue weighted by atomic mass is 32.1. The van der Waals surface area contributed by atoms with E-state index < -0.39 is 12.6 Å². The molecular formula is C42H37N3O6S. The van der Waals surface area contributed by atoms with E-state index in [0.29, 0.717) is 30.8 Å². The van der Waals surface area contributed by atoms with Crippen LogP contribution >= 0.6 is 11.3 Å². The third-order valence-electron chi connectivity index (χ3n) is 8.23. The van der Waals surface area contributed by atoms with E-state index >= 15 is 0 Å². The summed E-state index contributed by atoms with van der Waals surface area (Å²) < 4.78 is 11.0. The van der Waals surface area contributed by atoms with E-state index in [9.17, 15) is 14.4 Å². The zero-order chi connectivity index (χ0) is 36.1. The normalized spacial score (nSPS) is 11.3. The highest BCUT2D eigenvalue weighted by molar-refractivity contribution is 7.13. The van der Waals surface area contributed by atoms with Gasteiger partial charge in [0, 0.05) is 36.0 Å². The zero-order valence-electron chi connectivity index (χ0n) is 28.2. The maximum atomic E-state index is 13.1. The molecule has 1 unspecified atom stereocenters. The monoisotopic (exact) mass is 711 g/mol. The van der Waals surface area contributed by atoms with Crippen LogP contribution in [-0.4, -0.2) is 34.5 Å². The summed E-state index contributed by atoms with van der Waals surface area (Å²) >= 11 is 1.53. The van der Waals surface area contributed by atoms with Crippen LogP contribution in [0.2, 0.25) is 0 Å². The van der Waals surface area contributed by atoms with Gasteiger partial charge in [0.1, 0.15) is 22.3 Å². The summed E-state index contributed by atoms with van der Waals surface area (Å²) in [6, 6.07) is 41.5. The maximum Gasteiger partial charge on any atom is 0.341 e. The minimum absolute atomic E-state index is 0.0818. The number of aromatic nitrogens is 1. The molecule has 10 heteroatoms. The molecule has 6 rings (SSSR count). The number of rotatable bonds is 16. The summed E-state index contributed by atoms with van der Waals surface area (Å²) in [5, 5.41) is 17.6. The number of carboxylic acids is 1. The van der Waals surface area contributed by atoms with Crippen LogP contribution in [0.4, 0.5) is 0 Å². The van der Waals surface area contributed by atoms with E-state index in [1.165, 1.54) is 11.3 Å². The number of hydrogen-bond acceptors (Lipinski definition) is 7. The van der Waals surface area contributed by atoms with E-state index in [1.54, 1.807) is 36.4 Å². The summed E-state index contributed by atoms with van der Waals surface area (Å²) in [7, 11) is 0. The minimum atomic E-state index is -1.04. The Balaban J connectivity index is 1.01. The first-order valence-corrected chi connectivity index (χ1v) is 17.7. The molecule has 0 saturated carbocycles. The number of aliphatic carboxylic acids is 1. The highest BCUT2D eigenvalue weighted by Crippen LogP contribution is 2.29. The number of para-hydroxylation sites is 1. The summed E-state index contributed by atoms with van der Waals surface area (Å²) in [6.45, 7) is 0.320. The van der Waals surface area contributed by atoms with Gasteiger partial charge in [-0.1, -0.05) is 84.9 Å². The van der Waals surface area contributed by atoms with Crippen LogP contribution in [0.15, 0.2) is 139 Å². The number of thiazole rings is 1. The van der Waals surface area contributed by atoms with Crippen molar-refractivity contribution in [1.82, 2.24) is 15.6 Å². The Morgan fingerprint density at radius 3 is 1.94 bits per heavy atom. The van der Waals surface area contributed by atoms with Crippen molar-refractivity contribution in [3.63, 3.8) is 0 Å². The van der Waals surface area contributed by atoms with Gasteiger partial charge in [0.2, 0.25) is 5.91 Å². The Hall–Kier alpha value is -6.26. The van der Waals surface area contributed by atoms with Gasteiger partial charge < -0.3 is 25.2 Å². The van der Waals surface area contributed by atoms with Crippen LogP contribution in [-0.2, 0) is 29.1 Å². The van der Waals surface area contributed by atoms with Gasteiger partial charge in [-0.05, 0) is 77.6 Å². The fourth-order valence-electron chi connectivity index (χ4n) is 5.51. The minimum Gasteiger partial charge on any atom is -0.482 e. The number of hydrogen-bond donors (Lipinski definition) is 3. The van der Waals surface area contributed by atoms with Gasteiger partial charge in [-0.15, -0.1) is 11.3 Å². The van der Waals surface area contributed by atoms with E-state index in [1.807, 2.05) is 102 Å². The van der Waals surface area contributed by atoms with E-state index in [2.05, 4.69) is 10.6 Å². The molecule has 52 heavy (non-hydrogen) atoms. The fourth-order valence-corrected chi connectivity index (χ4v) is 6.35. The molecule has 0 fully saturated rings. The van der Waals surface area contributed by atoms with Crippen LogP contribution < -0.4 is 20.1 Å². The molecule has 0 spiro atoms. The zero-order valence-corrected chi connectivity index (χ0v) is 29.1. The number of carboxylic acid groups (broad SMARTS) is 1. The quantitative estimate of drug-likeness (QED) is 0.0928. The topological polar surface area (TPSA) is 127 Å². The Kier molecular flexibility index (Phi) is 12.0. The lowest BCUT2D eigenvalue weighted by atomic mass is 9.91. The molecule has 3 N–H and O–H groups in total. The van der Waals surface area contributed by atoms with Crippen molar-refractivity contribution in [2.24, 2.45) is 0 Å². The summed E-state index contributed by atoms with van der Waals surface area (Å²) in [5.41, 5.74) is 5.25. The third-order valence-corrected chi connectivity index (χ3v) is 9.17. The van der Waals surface area contributed by atoms with Crippen molar-refractivity contribution in [1.29, 1.82) is 0 Å². The van der Waals surface area contributed by atoms with Gasteiger partial charge in [-0.3, -0.25) is 9.59 Å². The molecule has 5 aromatic carbocycles. The fraction of sp³-hybridized carbons (Fsp3) is 0.143. The standard InChI is InChI=1S/C42H37N3O6S/c46-39(43-25-29-11-19-36(20-12-29)50-27-40(47)48)24-34(31-7-3-1-4-8-31)23-35-28-52-42(45-35)33-17-15-32(16-18-33)41(49)44-26-30-13-21-38(22-14-30)51-37-9-5-2-6-10-37/h1-22,28,34H,23-27H2,(H,43,46)(H,44,49)(H,47,48). The van der Waals surface area contributed by atoms with Crippen molar-refractivity contribution >= 4 is 29.1 Å². The molecule has 0 saturated heterocycles. The number of benzene rings is 5. The number of ether oxygens (including phenoxy) is 2. The predicted molar refractivity (Wildman–Crippen MR) is 201 cm³/mol. The van der Waals surface area contributed by atoms with Gasteiger partial charge in [-0.25, -0.2) is 9.78 Å². The molecular weight excluding hydrogens is 675 g/mol. The van der Waals surface area contributed by atoms with Crippen LogP contribution in [0, 0.1) is 0 Å².